The third-order valence-corrected chi connectivity index (χ3v) is 8.75. The Balaban J connectivity index is 1.20. The second-order valence-corrected chi connectivity index (χ2v) is 12.1. The molecule has 0 unspecified atom stereocenters. The lowest BCUT2D eigenvalue weighted by atomic mass is 9.87. The Kier molecular flexibility index (Phi) is 6.35. The van der Waals surface area contributed by atoms with E-state index in [-0.39, 0.29) is 16.6 Å². The fourth-order valence-electron chi connectivity index (χ4n) is 5.68. The van der Waals surface area contributed by atoms with Crippen molar-refractivity contribution >= 4 is 21.5 Å². The van der Waals surface area contributed by atoms with Crippen LogP contribution in [0.1, 0.15) is 52.7 Å². The van der Waals surface area contributed by atoms with Crippen molar-refractivity contribution in [1.82, 2.24) is 9.88 Å². The van der Waals surface area contributed by atoms with Crippen LogP contribution in [0.3, 0.4) is 0 Å². The first-order chi connectivity index (χ1) is 16.7. The van der Waals surface area contributed by atoms with E-state index in [9.17, 15) is 13.2 Å². The minimum Gasteiger partial charge on any atom is -0.457 e. The Labute approximate surface area is 207 Å². The van der Waals surface area contributed by atoms with Crippen molar-refractivity contribution in [2.24, 2.45) is 0 Å². The van der Waals surface area contributed by atoms with E-state index in [1.54, 1.807) is 12.3 Å². The number of morpholine rings is 1. The van der Waals surface area contributed by atoms with Crippen molar-refractivity contribution in [3.63, 3.8) is 0 Å². The van der Waals surface area contributed by atoms with Crippen LogP contribution in [0, 0.1) is 6.92 Å². The van der Waals surface area contributed by atoms with Crippen LogP contribution in [0.15, 0.2) is 35.5 Å². The summed E-state index contributed by atoms with van der Waals surface area (Å²) in [5, 5.41) is 0.101. The normalized spacial score (nSPS) is 21.1. The van der Waals surface area contributed by atoms with E-state index in [4.69, 9.17) is 9.47 Å². The number of hydrogen-bond acceptors (Lipinski definition) is 8. The summed E-state index contributed by atoms with van der Waals surface area (Å²) in [5.74, 6) is 0.139. The average molecular weight is 500 g/mol. The maximum absolute atomic E-state index is 11.9. The highest BCUT2D eigenvalue weighted by atomic mass is 32.2. The van der Waals surface area contributed by atoms with E-state index in [2.05, 4.69) is 34.7 Å². The summed E-state index contributed by atoms with van der Waals surface area (Å²) in [5.41, 5.74) is 4.95. The average Bonchev–Trinajstić information content (AvgIpc) is 3.22. The maximum atomic E-state index is 11.9. The second kappa shape index (κ2) is 9.19. The van der Waals surface area contributed by atoms with Crippen molar-refractivity contribution in [3.8, 4) is 0 Å². The minimum absolute atomic E-state index is 0.101. The number of carbonyl (C=O) groups is 1. The molecule has 1 spiro atoms. The summed E-state index contributed by atoms with van der Waals surface area (Å²) in [7, 11) is -3.30. The monoisotopic (exact) mass is 499 g/mol. The SMILES string of the molecule is Cc1c([C@@H](C)CN2CCC3(CC2)CN(c2ccc(S(C)(=O)=O)nc2)CCO3)ccc2c1COC2=O. The maximum Gasteiger partial charge on any atom is 0.338 e. The molecular formula is C26H33N3O5S. The molecule has 188 valence electrons. The van der Waals surface area contributed by atoms with Gasteiger partial charge in [-0.2, -0.15) is 0 Å². The summed E-state index contributed by atoms with van der Waals surface area (Å²) in [6, 6.07) is 7.43. The molecule has 5 rings (SSSR count). The summed E-state index contributed by atoms with van der Waals surface area (Å²) in [4.78, 5) is 20.8. The van der Waals surface area contributed by atoms with Crippen LogP contribution in [0.2, 0.25) is 0 Å². The number of likely N-dealkylation sites (tertiary alicyclic amines) is 1. The lowest BCUT2D eigenvalue weighted by molar-refractivity contribution is -0.0914. The van der Waals surface area contributed by atoms with Gasteiger partial charge in [0.15, 0.2) is 14.9 Å². The van der Waals surface area contributed by atoms with Gasteiger partial charge in [0.1, 0.15) is 6.61 Å². The number of benzene rings is 1. The standard InChI is InChI=1S/C26H33N3O5S/c1-18(21-5-6-22-23(19(21)2)16-33-25(22)30)15-28-10-8-26(9-11-28)17-29(12-13-34-26)20-4-7-24(27-14-20)35(3,31)32/h4-7,14,18H,8-13,15-17H2,1-3H3/t18-/m0/s1. The fourth-order valence-corrected chi connectivity index (χ4v) is 6.24. The predicted molar refractivity (Wildman–Crippen MR) is 133 cm³/mol. The first-order valence-electron chi connectivity index (χ1n) is 12.2. The van der Waals surface area contributed by atoms with Gasteiger partial charge in [-0.1, -0.05) is 13.0 Å². The van der Waals surface area contributed by atoms with Crippen LogP contribution < -0.4 is 4.90 Å². The van der Waals surface area contributed by atoms with E-state index >= 15 is 0 Å². The number of carbonyl (C=O) groups excluding carboxylic acids is 1. The van der Waals surface area contributed by atoms with Gasteiger partial charge < -0.3 is 19.3 Å². The van der Waals surface area contributed by atoms with E-state index in [1.165, 1.54) is 17.4 Å². The predicted octanol–water partition coefficient (Wildman–Crippen LogP) is 2.94. The Bertz CT molecular complexity index is 1220. The van der Waals surface area contributed by atoms with Gasteiger partial charge in [-0.15, -0.1) is 0 Å². The lowest BCUT2D eigenvalue weighted by Gasteiger charge is -2.48. The van der Waals surface area contributed by atoms with E-state index in [1.807, 2.05) is 12.1 Å². The first-order valence-corrected chi connectivity index (χ1v) is 14.1. The molecule has 0 saturated carbocycles. The van der Waals surface area contributed by atoms with Gasteiger partial charge in [0.25, 0.3) is 0 Å². The molecule has 0 N–H and O–H groups in total. The van der Waals surface area contributed by atoms with Gasteiger partial charge in [0.05, 0.1) is 29.7 Å². The van der Waals surface area contributed by atoms with Crippen LogP contribution in [-0.4, -0.2) is 75.5 Å². The molecule has 2 aromatic rings. The van der Waals surface area contributed by atoms with Gasteiger partial charge in [-0.05, 0) is 55.0 Å². The van der Waals surface area contributed by atoms with Crippen molar-refractivity contribution in [1.29, 1.82) is 0 Å². The molecule has 3 aliphatic rings. The molecule has 0 aliphatic carbocycles. The molecule has 8 nitrogen and oxygen atoms in total. The van der Waals surface area contributed by atoms with Gasteiger partial charge in [0.2, 0.25) is 0 Å². The number of fused-ring (bicyclic) bond motifs is 1. The van der Waals surface area contributed by atoms with Gasteiger partial charge in [-0.25, -0.2) is 18.2 Å². The number of ether oxygens (including phenoxy) is 2. The van der Waals surface area contributed by atoms with Crippen LogP contribution >= 0.6 is 0 Å². The molecule has 2 fully saturated rings. The third kappa shape index (κ3) is 4.81. The van der Waals surface area contributed by atoms with Crippen LogP contribution in [0.25, 0.3) is 0 Å². The zero-order chi connectivity index (χ0) is 24.8. The van der Waals surface area contributed by atoms with Crippen LogP contribution in [-0.2, 0) is 25.9 Å². The van der Waals surface area contributed by atoms with Gasteiger partial charge >= 0.3 is 5.97 Å². The molecular weight excluding hydrogens is 466 g/mol. The number of cyclic esters (lactones) is 1. The number of nitrogens with zero attached hydrogens (tertiary/aromatic N) is 3. The van der Waals surface area contributed by atoms with Crippen molar-refractivity contribution in [2.45, 2.75) is 49.8 Å². The van der Waals surface area contributed by atoms with E-state index in [0.717, 1.165) is 56.8 Å². The molecule has 3 aliphatic heterocycles. The summed E-state index contributed by atoms with van der Waals surface area (Å²) >= 11 is 0. The number of piperidine rings is 1. The Morgan fingerprint density at radius 3 is 2.60 bits per heavy atom. The molecule has 0 radical (unpaired) electrons. The summed E-state index contributed by atoms with van der Waals surface area (Å²) in [6.45, 7) is 9.84. The molecule has 9 heteroatoms. The molecule has 1 atom stereocenters. The fraction of sp³-hybridized carbons (Fsp3) is 0.538. The van der Waals surface area contributed by atoms with Gasteiger partial charge in [0, 0.05) is 44.5 Å². The number of hydrogen-bond donors (Lipinski definition) is 0. The third-order valence-electron chi connectivity index (χ3n) is 7.75. The van der Waals surface area contributed by atoms with Crippen LogP contribution in [0.4, 0.5) is 5.69 Å². The highest BCUT2D eigenvalue weighted by Gasteiger charge is 2.40. The Hall–Kier alpha value is -2.49. The molecule has 2 saturated heterocycles. The lowest BCUT2D eigenvalue weighted by Crippen LogP contribution is -2.57. The molecule has 1 aromatic heterocycles. The topological polar surface area (TPSA) is 89.0 Å². The largest absolute Gasteiger partial charge is 0.457 e. The minimum atomic E-state index is -3.30. The summed E-state index contributed by atoms with van der Waals surface area (Å²) in [6.07, 6.45) is 4.74. The zero-order valence-corrected chi connectivity index (χ0v) is 21.4. The number of sulfone groups is 1. The number of aromatic nitrogens is 1. The first kappa shape index (κ1) is 24.2. The molecule has 35 heavy (non-hydrogen) atoms. The van der Waals surface area contributed by atoms with E-state index in [0.29, 0.717) is 24.7 Å². The van der Waals surface area contributed by atoms with Crippen molar-refractivity contribution < 1.29 is 22.7 Å². The number of esters is 1. The van der Waals surface area contributed by atoms with Crippen molar-refractivity contribution in [2.75, 3.05) is 50.5 Å². The highest BCUT2D eigenvalue weighted by Crippen LogP contribution is 2.34. The molecule has 0 amide bonds. The molecule has 1 aromatic carbocycles. The number of rotatable bonds is 5. The second-order valence-electron chi connectivity index (χ2n) is 10.2. The quantitative estimate of drug-likeness (QED) is 0.581. The number of pyridine rings is 1. The summed E-state index contributed by atoms with van der Waals surface area (Å²) < 4.78 is 35.0. The Morgan fingerprint density at radius 2 is 1.91 bits per heavy atom. The van der Waals surface area contributed by atoms with Crippen molar-refractivity contribution in [3.05, 3.63) is 52.7 Å². The highest BCUT2D eigenvalue weighted by molar-refractivity contribution is 7.90. The molecule has 4 heterocycles. The zero-order valence-electron chi connectivity index (χ0n) is 20.6. The van der Waals surface area contributed by atoms with Crippen LogP contribution in [0.5, 0.6) is 0 Å². The number of anilines is 1. The van der Waals surface area contributed by atoms with Gasteiger partial charge in [-0.3, -0.25) is 0 Å². The Morgan fingerprint density at radius 1 is 1.14 bits per heavy atom. The smallest absolute Gasteiger partial charge is 0.338 e. The molecule has 0 bridgehead atoms. The van der Waals surface area contributed by atoms with E-state index < -0.39 is 9.84 Å².